The lowest BCUT2D eigenvalue weighted by Crippen LogP contribution is -2.35. The van der Waals surface area contributed by atoms with Crippen molar-refractivity contribution in [3.8, 4) is 28.5 Å². The van der Waals surface area contributed by atoms with Crippen LogP contribution >= 0.6 is 11.6 Å². The summed E-state index contributed by atoms with van der Waals surface area (Å²) in [5.41, 5.74) is 5.20. The highest BCUT2D eigenvalue weighted by atomic mass is 35.5. The molecule has 13 heteroatoms. The summed E-state index contributed by atoms with van der Waals surface area (Å²) in [5.74, 6) is 0. The van der Waals surface area contributed by atoms with Gasteiger partial charge >= 0.3 is 6.01 Å². The maximum atomic E-state index is 12.0. The highest BCUT2D eigenvalue weighted by molar-refractivity contribution is 7.92. The summed E-state index contributed by atoms with van der Waals surface area (Å²) < 4.78 is 41.6. The average molecular weight is 628 g/mol. The van der Waals surface area contributed by atoms with Crippen LogP contribution in [0.4, 0.5) is 0 Å². The Hall–Kier alpha value is -3.13. The minimum atomic E-state index is -2.18. The Labute approximate surface area is 255 Å². The molecule has 0 amide bonds. The standard InChI is InChI=1S/C30H34ClN5O6S/c1-4-11-39-17-36-29-23(34-30(36)42-25-16-41-27-24(37)15-40-28(25)27)13-21(31)26(35-29)20-7-5-19(6-8-20)22-12-18(9-10-32-22)14-33-43(2,3)38/h5-10,12-13,24-25,27-28,37H,4,11,14-17H2,1-3H3/t24-,25-,27-,28-/m1/s1. The molecule has 1 N–H and O–H groups in total. The first-order valence-corrected chi connectivity index (χ1v) is 16.8. The van der Waals surface area contributed by atoms with Crippen LogP contribution in [0.2, 0.25) is 5.02 Å². The number of hydrogen-bond donors (Lipinski definition) is 1. The molecule has 0 bridgehead atoms. The minimum absolute atomic E-state index is 0.192. The van der Waals surface area contributed by atoms with E-state index in [9.17, 15) is 9.32 Å². The second-order valence-corrected chi connectivity index (χ2v) is 14.0. The van der Waals surface area contributed by atoms with Gasteiger partial charge in [-0.1, -0.05) is 42.8 Å². The molecule has 43 heavy (non-hydrogen) atoms. The molecule has 1 aromatic carbocycles. The van der Waals surface area contributed by atoms with E-state index in [1.807, 2.05) is 43.3 Å². The van der Waals surface area contributed by atoms with Crippen LogP contribution in [0.25, 0.3) is 33.7 Å². The van der Waals surface area contributed by atoms with E-state index in [1.165, 1.54) is 0 Å². The number of halogens is 1. The van der Waals surface area contributed by atoms with Crippen LogP contribution in [0.5, 0.6) is 6.01 Å². The van der Waals surface area contributed by atoms with E-state index in [0.717, 1.165) is 28.8 Å². The van der Waals surface area contributed by atoms with Crippen molar-refractivity contribution in [1.82, 2.24) is 19.5 Å². The van der Waals surface area contributed by atoms with Crippen molar-refractivity contribution in [2.24, 2.45) is 4.36 Å². The zero-order chi connectivity index (χ0) is 30.1. The summed E-state index contributed by atoms with van der Waals surface area (Å²) in [6.45, 7) is 3.65. The van der Waals surface area contributed by atoms with Crippen molar-refractivity contribution in [3.63, 3.8) is 0 Å². The zero-order valence-electron chi connectivity index (χ0n) is 24.2. The lowest BCUT2D eigenvalue weighted by Gasteiger charge is -2.18. The molecule has 11 nitrogen and oxygen atoms in total. The molecule has 5 heterocycles. The number of fused-ring (bicyclic) bond motifs is 2. The van der Waals surface area contributed by atoms with Gasteiger partial charge in [0.05, 0.1) is 36.2 Å². The maximum Gasteiger partial charge on any atom is 0.301 e. The van der Waals surface area contributed by atoms with E-state index in [-0.39, 0.29) is 26.0 Å². The minimum Gasteiger partial charge on any atom is -0.456 e. The molecule has 2 aliphatic rings. The van der Waals surface area contributed by atoms with Gasteiger partial charge in [-0.15, -0.1) is 0 Å². The fraction of sp³-hybridized carbons (Fsp3) is 0.433. The molecule has 3 aromatic heterocycles. The topological polar surface area (TPSA) is 130 Å². The predicted octanol–water partition coefficient (Wildman–Crippen LogP) is 4.33. The van der Waals surface area contributed by atoms with Crippen LogP contribution in [0.15, 0.2) is 53.0 Å². The average Bonchev–Trinajstić information content (AvgIpc) is 3.66. The number of benzene rings is 1. The Morgan fingerprint density at radius 1 is 1.09 bits per heavy atom. The van der Waals surface area contributed by atoms with Gasteiger partial charge in [-0.3, -0.25) is 13.8 Å². The third-order valence-corrected chi connectivity index (χ3v) is 8.32. The van der Waals surface area contributed by atoms with Gasteiger partial charge in [0.15, 0.2) is 11.8 Å². The Kier molecular flexibility index (Phi) is 8.67. The summed E-state index contributed by atoms with van der Waals surface area (Å²) in [6, 6.07) is 13.7. The van der Waals surface area contributed by atoms with E-state index in [2.05, 4.69) is 14.3 Å². The van der Waals surface area contributed by atoms with Gasteiger partial charge in [0.2, 0.25) is 0 Å². The van der Waals surface area contributed by atoms with Gasteiger partial charge < -0.3 is 24.1 Å². The lowest BCUT2D eigenvalue weighted by molar-refractivity contribution is 0.00302. The van der Waals surface area contributed by atoms with Gasteiger partial charge in [0.1, 0.15) is 30.6 Å². The van der Waals surface area contributed by atoms with Crippen molar-refractivity contribution < 1.29 is 28.3 Å². The molecular weight excluding hydrogens is 594 g/mol. The van der Waals surface area contributed by atoms with Gasteiger partial charge in [0.25, 0.3) is 0 Å². The molecule has 0 spiro atoms. The quantitative estimate of drug-likeness (QED) is 0.255. The van der Waals surface area contributed by atoms with E-state index in [4.69, 9.17) is 35.5 Å². The molecule has 2 saturated heterocycles. The Morgan fingerprint density at radius 3 is 2.63 bits per heavy atom. The second kappa shape index (κ2) is 12.5. The lowest BCUT2D eigenvalue weighted by atomic mass is 10.0. The second-order valence-electron chi connectivity index (χ2n) is 10.9. The highest BCUT2D eigenvalue weighted by Crippen LogP contribution is 2.34. The number of rotatable bonds is 10. The summed E-state index contributed by atoms with van der Waals surface area (Å²) >= 11 is 6.74. The molecule has 228 valence electrons. The van der Waals surface area contributed by atoms with E-state index in [1.54, 1.807) is 29.3 Å². The fourth-order valence-corrected chi connectivity index (χ4v) is 5.87. The van der Waals surface area contributed by atoms with Crippen molar-refractivity contribution in [3.05, 3.63) is 59.2 Å². The van der Waals surface area contributed by atoms with Crippen LogP contribution in [0, 0.1) is 0 Å². The number of hydrogen-bond acceptors (Lipinski definition) is 10. The number of imidazole rings is 1. The monoisotopic (exact) mass is 627 g/mol. The maximum absolute atomic E-state index is 12.0. The first kappa shape index (κ1) is 29.9. The Bertz CT molecular complexity index is 1730. The first-order chi connectivity index (χ1) is 20.7. The molecule has 0 radical (unpaired) electrons. The number of ether oxygens (including phenoxy) is 4. The van der Waals surface area contributed by atoms with Crippen LogP contribution in [-0.4, -0.2) is 85.6 Å². The molecular formula is C30H34ClN5O6S. The molecule has 4 aromatic rings. The van der Waals surface area contributed by atoms with Crippen LogP contribution in [0.3, 0.4) is 0 Å². The molecule has 2 aliphatic heterocycles. The van der Waals surface area contributed by atoms with Crippen molar-refractivity contribution in [2.75, 3.05) is 32.3 Å². The summed E-state index contributed by atoms with van der Waals surface area (Å²) in [4.78, 5) is 14.1. The number of nitrogens with zero attached hydrogens (tertiary/aromatic N) is 5. The zero-order valence-corrected chi connectivity index (χ0v) is 25.8. The molecule has 4 atom stereocenters. The van der Waals surface area contributed by atoms with Crippen molar-refractivity contribution >= 4 is 32.5 Å². The van der Waals surface area contributed by atoms with Crippen LogP contribution in [-0.2, 0) is 37.2 Å². The molecule has 0 saturated carbocycles. The third kappa shape index (κ3) is 6.54. The van der Waals surface area contributed by atoms with Gasteiger partial charge in [-0.2, -0.15) is 4.98 Å². The predicted molar refractivity (Wildman–Crippen MR) is 163 cm³/mol. The van der Waals surface area contributed by atoms with Gasteiger partial charge in [0, 0.05) is 46.2 Å². The molecule has 2 fully saturated rings. The Morgan fingerprint density at radius 2 is 1.86 bits per heavy atom. The fourth-order valence-electron chi connectivity index (χ4n) is 5.15. The third-order valence-electron chi connectivity index (χ3n) is 7.28. The van der Waals surface area contributed by atoms with E-state index >= 15 is 0 Å². The SMILES string of the molecule is CCCOCn1c(O[C@@H]2CO[C@H]3[C@@H]2OC[C@H]3O)nc2cc(Cl)c(-c3ccc(-c4cc(CN=S(C)(C)=O)ccn4)cc3)nc21. The van der Waals surface area contributed by atoms with Gasteiger partial charge in [-0.05, 0) is 30.2 Å². The smallest absolute Gasteiger partial charge is 0.301 e. The number of pyridine rings is 2. The normalized spacial score (nSPS) is 21.8. The van der Waals surface area contributed by atoms with E-state index in [0.29, 0.717) is 41.0 Å². The largest absolute Gasteiger partial charge is 0.456 e. The van der Waals surface area contributed by atoms with Crippen molar-refractivity contribution in [1.29, 1.82) is 0 Å². The van der Waals surface area contributed by atoms with Gasteiger partial charge in [-0.25, -0.2) is 9.35 Å². The van der Waals surface area contributed by atoms with Crippen LogP contribution in [0.1, 0.15) is 18.9 Å². The Balaban J connectivity index is 1.29. The van der Waals surface area contributed by atoms with E-state index < -0.39 is 28.0 Å². The number of aliphatic hydroxyl groups excluding tert-OH is 1. The molecule has 0 unspecified atom stereocenters. The summed E-state index contributed by atoms with van der Waals surface area (Å²) in [7, 11) is -2.18. The first-order valence-electron chi connectivity index (χ1n) is 14.1. The number of aliphatic hydroxyl groups is 1. The summed E-state index contributed by atoms with van der Waals surface area (Å²) in [6.07, 6.45) is 3.93. The molecule has 0 aliphatic carbocycles. The highest BCUT2D eigenvalue weighted by Gasteiger charge is 2.49. The summed E-state index contributed by atoms with van der Waals surface area (Å²) in [5, 5.41) is 10.6. The van der Waals surface area contributed by atoms with Crippen molar-refractivity contribution in [2.45, 2.75) is 51.0 Å². The van der Waals surface area contributed by atoms with Crippen LogP contribution < -0.4 is 4.74 Å². The molecule has 6 rings (SSSR count). The number of aromatic nitrogens is 4.